The highest BCUT2D eigenvalue weighted by Crippen LogP contribution is 2.21. The van der Waals surface area contributed by atoms with E-state index in [4.69, 9.17) is 10.00 Å². The predicted molar refractivity (Wildman–Crippen MR) is 106 cm³/mol. The number of nitrogens with zero attached hydrogens (tertiary/aromatic N) is 4. The van der Waals surface area contributed by atoms with Crippen molar-refractivity contribution in [3.8, 4) is 11.8 Å². The SMILES string of the molecule is CC(Oc1ccccc1C#N)C(=O)N1CCN(c2nc3ccccc3[nH]2)CC1. The summed E-state index contributed by atoms with van der Waals surface area (Å²) < 4.78 is 5.76. The van der Waals surface area contributed by atoms with Crippen LogP contribution < -0.4 is 9.64 Å². The number of imidazole rings is 1. The van der Waals surface area contributed by atoms with Gasteiger partial charge in [-0.2, -0.15) is 5.26 Å². The van der Waals surface area contributed by atoms with E-state index in [9.17, 15) is 4.79 Å². The number of aromatic amines is 1. The highest BCUT2D eigenvalue weighted by molar-refractivity contribution is 5.81. The van der Waals surface area contributed by atoms with Gasteiger partial charge in [0.2, 0.25) is 5.95 Å². The van der Waals surface area contributed by atoms with Gasteiger partial charge in [0.25, 0.3) is 5.91 Å². The number of ether oxygens (including phenoxy) is 1. The van der Waals surface area contributed by atoms with Crippen LogP contribution in [0.15, 0.2) is 48.5 Å². The highest BCUT2D eigenvalue weighted by atomic mass is 16.5. The third-order valence-electron chi connectivity index (χ3n) is 4.93. The lowest BCUT2D eigenvalue weighted by molar-refractivity contribution is -0.138. The summed E-state index contributed by atoms with van der Waals surface area (Å²) in [6, 6.07) is 17.0. The van der Waals surface area contributed by atoms with Gasteiger partial charge >= 0.3 is 0 Å². The lowest BCUT2D eigenvalue weighted by Crippen LogP contribution is -2.52. The Bertz CT molecular complexity index is 997. The lowest BCUT2D eigenvalue weighted by Gasteiger charge is -2.35. The molecule has 1 saturated heterocycles. The van der Waals surface area contributed by atoms with Crippen molar-refractivity contribution in [2.75, 3.05) is 31.1 Å². The third-order valence-corrected chi connectivity index (χ3v) is 4.93. The van der Waals surface area contributed by atoms with Crippen molar-refractivity contribution in [2.45, 2.75) is 13.0 Å². The number of benzene rings is 2. The molecule has 0 radical (unpaired) electrons. The predicted octanol–water partition coefficient (Wildman–Crippen LogP) is 2.55. The first-order valence-electron chi connectivity index (χ1n) is 9.30. The van der Waals surface area contributed by atoms with Gasteiger partial charge in [-0.05, 0) is 31.2 Å². The molecule has 1 unspecified atom stereocenters. The molecule has 1 atom stereocenters. The Morgan fingerprint density at radius 3 is 2.61 bits per heavy atom. The van der Waals surface area contributed by atoms with Crippen LogP contribution >= 0.6 is 0 Å². The van der Waals surface area contributed by atoms with Gasteiger partial charge < -0.3 is 19.5 Å². The van der Waals surface area contributed by atoms with E-state index in [0.717, 1.165) is 17.0 Å². The summed E-state index contributed by atoms with van der Waals surface area (Å²) in [6.45, 7) is 4.33. The van der Waals surface area contributed by atoms with Crippen molar-refractivity contribution in [1.82, 2.24) is 14.9 Å². The van der Waals surface area contributed by atoms with Crippen LogP contribution in [0.25, 0.3) is 11.0 Å². The summed E-state index contributed by atoms with van der Waals surface area (Å²) in [5, 5.41) is 9.17. The van der Waals surface area contributed by atoms with Gasteiger partial charge in [-0.3, -0.25) is 4.79 Å². The fourth-order valence-electron chi connectivity index (χ4n) is 3.39. The summed E-state index contributed by atoms with van der Waals surface area (Å²) in [5.74, 6) is 1.20. The fourth-order valence-corrected chi connectivity index (χ4v) is 3.39. The number of hydrogen-bond donors (Lipinski definition) is 1. The van der Waals surface area contributed by atoms with E-state index in [2.05, 4.69) is 20.9 Å². The number of fused-ring (bicyclic) bond motifs is 1. The Kier molecular flexibility index (Phi) is 4.85. The minimum atomic E-state index is -0.646. The molecule has 28 heavy (non-hydrogen) atoms. The number of anilines is 1. The Hall–Kier alpha value is -3.53. The maximum Gasteiger partial charge on any atom is 0.263 e. The summed E-state index contributed by atoms with van der Waals surface area (Å²) in [5.41, 5.74) is 2.38. The van der Waals surface area contributed by atoms with Gasteiger partial charge in [0.1, 0.15) is 11.8 Å². The quantitative estimate of drug-likeness (QED) is 0.757. The van der Waals surface area contributed by atoms with Crippen LogP contribution in [0, 0.1) is 11.3 Å². The Morgan fingerprint density at radius 2 is 1.86 bits per heavy atom. The normalized spacial score (nSPS) is 15.3. The van der Waals surface area contributed by atoms with Crippen molar-refractivity contribution in [1.29, 1.82) is 5.26 Å². The zero-order valence-corrected chi connectivity index (χ0v) is 15.6. The summed E-state index contributed by atoms with van der Waals surface area (Å²) >= 11 is 0. The van der Waals surface area contributed by atoms with Gasteiger partial charge in [0.05, 0.1) is 16.6 Å². The van der Waals surface area contributed by atoms with Crippen molar-refractivity contribution >= 4 is 22.9 Å². The van der Waals surface area contributed by atoms with Gasteiger partial charge in [0, 0.05) is 26.2 Å². The van der Waals surface area contributed by atoms with Crippen LogP contribution in [0.2, 0.25) is 0 Å². The molecule has 1 aromatic heterocycles. The zero-order valence-electron chi connectivity index (χ0n) is 15.6. The zero-order chi connectivity index (χ0) is 19.5. The molecule has 3 aromatic rings. The van der Waals surface area contributed by atoms with Crippen LogP contribution in [0.5, 0.6) is 5.75 Å². The van der Waals surface area contributed by atoms with E-state index in [1.54, 1.807) is 36.1 Å². The minimum absolute atomic E-state index is 0.0722. The van der Waals surface area contributed by atoms with Crippen molar-refractivity contribution in [3.63, 3.8) is 0 Å². The van der Waals surface area contributed by atoms with Gasteiger partial charge in [-0.1, -0.05) is 24.3 Å². The van der Waals surface area contributed by atoms with Crippen LogP contribution in [-0.2, 0) is 4.79 Å². The van der Waals surface area contributed by atoms with Crippen molar-refractivity contribution in [2.24, 2.45) is 0 Å². The second-order valence-corrected chi connectivity index (χ2v) is 6.76. The number of carbonyl (C=O) groups is 1. The fraction of sp³-hybridized carbons (Fsp3) is 0.286. The first kappa shape index (κ1) is 17.9. The molecule has 7 heteroatoms. The number of nitrogens with one attached hydrogen (secondary N) is 1. The number of rotatable bonds is 4. The molecule has 7 nitrogen and oxygen atoms in total. The molecule has 142 valence electrons. The number of para-hydroxylation sites is 3. The van der Waals surface area contributed by atoms with Crippen LogP contribution in [0.1, 0.15) is 12.5 Å². The molecule has 0 spiro atoms. The highest BCUT2D eigenvalue weighted by Gasteiger charge is 2.27. The van der Waals surface area contributed by atoms with Gasteiger partial charge in [0.15, 0.2) is 6.10 Å². The molecule has 0 saturated carbocycles. The maximum absolute atomic E-state index is 12.8. The number of H-pyrrole nitrogens is 1. The standard InChI is InChI=1S/C21H21N5O2/c1-15(28-19-9-5-2-6-16(19)14-22)20(27)25-10-12-26(13-11-25)21-23-17-7-3-4-8-18(17)24-21/h2-9,15H,10-13H2,1H3,(H,23,24). The van der Waals surface area contributed by atoms with Crippen LogP contribution in [-0.4, -0.2) is 53.1 Å². The largest absolute Gasteiger partial charge is 0.480 e. The van der Waals surface area contributed by atoms with Gasteiger partial charge in [-0.25, -0.2) is 4.98 Å². The molecular weight excluding hydrogens is 354 g/mol. The minimum Gasteiger partial charge on any atom is -0.480 e. The maximum atomic E-state index is 12.8. The van der Waals surface area contributed by atoms with Crippen LogP contribution in [0.3, 0.4) is 0 Å². The Morgan fingerprint density at radius 1 is 1.14 bits per heavy atom. The Labute approximate surface area is 163 Å². The second-order valence-electron chi connectivity index (χ2n) is 6.76. The van der Waals surface area contributed by atoms with Crippen molar-refractivity contribution < 1.29 is 9.53 Å². The molecular formula is C21H21N5O2. The molecule has 1 aliphatic heterocycles. The summed E-state index contributed by atoms with van der Waals surface area (Å²) in [7, 11) is 0. The molecule has 1 fully saturated rings. The van der Waals surface area contributed by atoms with Gasteiger partial charge in [-0.15, -0.1) is 0 Å². The van der Waals surface area contributed by atoms with E-state index in [0.29, 0.717) is 37.5 Å². The van der Waals surface area contributed by atoms with E-state index in [1.807, 2.05) is 24.3 Å². The first-order valence-corrected chi connectivity index (χ1v) is 9.30. The molecule has 0 aliphatic carbocycles. The smallest absolute Gasteiger partial charge is 0.263 e. The molecule has 1 amide bonds. The summed E-state index contributed by atoms with van der Waals surface area (Å²) in [6.07, 6.45) is -0.646. The van der Waals surface area contributed by atoms with E-state index >= 15 is 0 Å². The number of piperazine rings is 1. The molecule has 4 rings (SSSR count). The average molecular weight is 375 g/mol. The molecule has 1 N–H and O–H groups in total. The second kappa shape index (κ2) is 7.61. The molecule has 2 aromatic carbocycles. The van der Waals surface area contributed by atoms with Crippen molar-refractivity contribution in [3.05, 3.63) is 54.1 Å². The number of aromatic nitrogens is 2. The van der Waals surface area contributed by atoms with E-state index < -0.39 is 6.10 Å². The molecule has 0 bridgehead atoms. The molecule has 1 aliphatic rings. The average Bonchev–Trinajstić information content (AvgIpc) is 3.18. The van der Waals surface area contributed by atoms with E-state index in [-0.39, 0.29) is 5.91 Å². The Balaban J connectivity index is 1.37. The monoisotopic (exact) mass is 375 g/mol. The summed E-state index contributed by atoms with van der Waals surface area (Å²) in [4.78, 5) is 24.7. The number of hydrogen-bond acceptors (Lipinski definition) is 5. The lowest BCUT2D eigenvalue weighted by atomic mass is 10.2. The van der Waals surface area contributed by atoms with E-state index in [1.165, 1.54) is 0 Å². The number of nitriles is 1. The molecule has 2 heterocycles. The topological polar surface area (TPSA) is 85.2 Å². The number of carbonyl (C=O) groups excluding carboxylic acids is 1. The number of amides is 1. The van der Waals surface area contributed by atoms with Crippen LogP contribution in [0.4, 0.5) is 5.95 Å². The third kappa shape index (κ3) is 3.49. The first-order chi connectivity index (χ1) is 13.7.